The van der Waals surface area contributed by atoms with Crippen LogP contribution in [-0.4, -0.2) is 54.6 Å². The van der Waals surface area contributed by atoms with Crippen LogP contribution in [0.3, 0.4) is 0 Å². The molecule has 0 bridgehead atoms. The monoisotopic (exact) mass is 668 g/mol. The lowest BCUT2D eigenvalue weighted by Gasteiger charge is -2.19. The van der Waals surface area contributed by atoms with E-state index < -0.39 is 0 Å². The quantitative estimate of drug-likeness (QED) is 0.0688. The van der Waals surface area contributed by atoms with Crippen LogP contribution in [0.15, 0.2) is 142 Å². The van der Waals surface area contributed by atoms with Crippen molar-refractivity contribution >= 4 is 34.1 Å². The van der Waals surface area contributed by atoms with Gasteiger partial charge in [-0.15, -0.1) is 0 Å². The molecule has 0 aliphatic heterocycles. The molecule has 0 amide bonds. The fourth-order valence-electron chi connectivity index (χ4n) is 5.52. The summed E-state index contributed by atoms with van der Waals surface area (Å²) in [5.74, 6) is 0. The van der Waals surface area contributed by atoms with Crippen LogP contribution in [0.5, 0.6) is 0 Å². The van der Waals surface area contributed by atoms with Crippen LogP contribution in [0.2, 0.25) is 0 Å². The van der Waals surface area contributed by atoms with E-state index in [1.807, 2.05) is 48.5 Å². The third-order valence-electron chi connectivity index (χ3n) is 8.61. The molecule has 0 aliphatic carbocycles. The molecule has 0 saturated heterocycles. The summed E-state index contributed by atoms with van der Waals surface area (Å²) in [5.41, 5.74) is 10.2. The van der Waals surface area contributed by atoms with Gasteiger partial charge in [-0.1, -0.05) is 48.5 Å². The molecule has 8 nitrogen and oxygen atoms in total. The van der Waals surface area contributed by atoms with E-state index in [0.717, 1.165) is 97.0 Å². The van der Waals surface area contributed by atoms with Gasteiger partial charge in [0.25, 0.3) is 0 Å². The van der Waals surface area contributed by atoms with E-state index >= 15 is 0 Å². The van der Waals surface area contributed by atoms with E-state index in [9.17, 15) is 0 Å². The lowest BCUT2D eigenvalue weighted by molar-refractivity contribution is 0.193. The van der Waals surface area contributed by atoms with Crippen molar-refractivity contribution in [3.8, 4) is 22.3 Å². The molecule has 0 unspecified atom stereocenters. The number of benzene rings is 5. The molecule has 5 aromatic rings. The zero-order valence-corrected chi connectivity index (χ0v) is 29.7. The zero-order chi connectivity index (χ0) is 35.0. The molecule has 0 heterocycles. The first kappa shape index (κ1) is 36.1. The number of nitrogens with zero attached hydrogens (tertiary/aromatic N) is 6. The van der Waals surface area contributed by atoms with Gasteiger partial charge in [0, 0.05) is 66.0 Å². The molecule has 0 spiro atoms. The van der Waals surface area contributed by atoms with Crippen molar-refractivity contribution in [1.29, 1.82) is 0 Å². The number of azo groups is 2. The molecule has 0 saturated carbocycles. The van der Waals surface area contributed by atoms with E-state index in [2.05, 4.69) is 117 Å². The van der Waals surface area contributed by atoms with Crippen molar-refractivity contribution in [3.63, 3.8) is 0 Å². The van der Waals surface area contributed by atoms with Crippen LogP contribution in [-0.2, 0) is 9.47 Å². The molecule has 0 aliphatic rings. The maximum absolute atomic E-state index is 5.14. The van der Waals surface area contributed by atoms with Gasteiger partial charge in [-0.2, -0.15) is 20.5 Å². The highest BCUT2D eigenvalue weighted by molar-refractivity contribution is 5.72. The first-order valence-corrected chi connectivity index (χ1v) is 17.3. The number of hydrogen-bond acceptors (Lipinski definition) is 8. The van der Waals surface area contributed by atoms with Gasteiger partial charge in [-0.25, -0.2) is 0 Å². The van der Waals surface area contributed by atoms with E-state index in [0.29, 0.717) is 0 Å². The van der Waals surface area contributed by atoms with Gasteiger partial charge in [0.2, 0.25) is 0 Å². The van der Waals surface area contributed by atoms with Crippen LogP contribution < -0.4 is 9.80 Å². The Labute approximate surface area is 297 Å². The van der Waals surface area contributed by atoms with Crippen molar-refractivity contribution in [3.05, 3.63) is 121 Å². The molecular weight excluding hydrogens is 621 g/mol. The number of ether oxygens (including phenoxy) is 2. The summed E-state index contributed by atoms with van der Waals surface area (Å²) in [6, 6.07) is 41.3. The minimum Gasteiger partial charge on any atom is -0.385 e. The molecule has 0 N–H and O–H groups in total. The molecule has 5 rings (SSSR count). The largest absolute Gasteiger partial charge is 0.385 e. The van der Waals surface area contributed by atoms with Crippen molar-refractivity contribution in [1.82, 2.24) is 0 Å². The summed E-state index contributed by atoms with van der Waals surface area (Å²) >= 11 is 0. The molecule has 258 valence electrons. The fourth-order valence-corrected chi connectivity index (χ4v) is 5.52. The maximum atomic E-state index is 5.14. The van der Waals surface area contributed by atoms with Crippen molar-refractivity contribution in [2.24, 2.45) is 20.5 Å². The molecular formula is C42H48N6O2. The number of methoxy groups -OCH3 is 2. The zero-order valence-electron chi connectivity index (χ0n) is 29.7. The molecule has 8 heteroatoms. The Hall–Kier alpha value is -5.18. The predicted molar refractivity (Wildman–Crippen MR) is 207 cm³/mol. The SMILES string of the molecule is COCCCCN(C)c1ccc(N=Nc2ccc(-c3ccc(-c4ccc(N=Nc5ccc(N(C)CCCCOC)cc5)cc4)cc3)cc2)cc1. The number of rotatable bonds is 18. The Morgan fingerprint density at radius 2 is 0.640 bits per heavy atom. The van der Waals surface area contributed by atoms with Crippen LogP contribution >= 0.6 is 0 Å². The second-order valence-corrected chi connectivity index (χ2v) is 12.3. The lowest BCUT2D eigenvalue weighted by atomic mass is 10.00. The highest BCUT2D eigenvalue weighted by atomic mass is 16.5. The third kappa shape index (κ3) is 10.9. The van der Waals surface area contributed by atoms with Gasteiger partial charge >= 0.3 is 0 Å². The van der Waals surface area contributed by atoms with Gasteiger partial charge in [0.05, 0.1) is 22.7 Å². The van der Waals surface area contributed by atoms with Crippen LogP contribution in [0.25, 0.3) is 22.3 Å². The summed E-state index contributed by atoms with van der Waals surface area (Å²) in [6.45, 7) is 3.59. The fraction of sp³-hybridized carbons (Fsp3) is 0.286. The number of unbranched alkanes of at least 4 members (excludes halogenated alkanes) is 2. The van der Waals surface area contributed by atoms with Gasteiger partial charge in [0.1, 0.15) is 0 Å². The lowest BCUT2D eigenvalue weighted by Crippen LogP contribution is -2.18. The molecule has 50 heavy (non-hydrogen) atoms. The Morgan fingerprint density at radius 3 is 0.920 bits per heavy atom. The summed E-state index contributed by atoms with van der Waals surface area (Å²) < 4.78 is 10.3. The molecule has 0 atom stereocenters. The van der Waals surface area contributed by atoms with Crippen LogP contribution in [0, 0.1) is 0 Å². The van der Waals surface area contributed by atoms with Crippen molar-refractivity contribution < 1.29 is 9.47 Å². The van der Waals surface area contributed by atoms with E-state index in [1.165, 1.54) is 11.4 Å². The second-order valence-electron chi connectivity index (χ2n) is 12.3. The predicted octanol–water partition coefficient (Wildman–Crippen LogP) is 11.6. The highest BCUT2D eigenvalue weighted by Crippen LogP contribution is 2.29. The Bertz CT molecular complexity index is 1640. The van der Waals surface area contributed by atoms with Crippen LogP contribution in [0.4, 0.5) is 34.1 Å². The first-order chi connectivity index (χ1) is 24.5. The highest BCUT2D eigenvalue weighted by Gasteiger charge is 2.04. The van der Waals surface area contributed by atoms with E-state index in [1.54, 1.807) is 14.2 Å². The second kappa shape index (κ2) is 19.1. The number of anilines is 2. The van der Waals surface area contributed by atoms with E-state index in [-0.39, 0.29) is 0 Å². The Morgan fingerprint density at radius 1 is 0.380 bits per heavy atom. The standard InChI is InChI=1S/C42H48N6O2/c1-47(29-5-7-31-49-3)41-25-21-39(22-26-41)45-43-37-17-13-35(14-18-37)33-9-11-34(12-10-33)36-15-19-38(20-16-36)44-46-40-23-27-42(28-24-40)48(2)30-6-8-32-50-4/h9-28H,5-8,29-32H2,1-4H3. The van der Waals surface area contributed by atoms with Crippen molar-refractivity contribution in [2.75, 3.05) is 64.4 Å². The average molecular weight is 669 g/mol. The first-order valence-electron chi connectivity index (χ1n) is 17.3. The number of hydrogen-bond donors (Lipinski definition) is 0. The van der Waals surface area contributed by atoms with Crippen molar-refractivity contribution in [2.45, 2.75) is 25.7 Å². The summed E-state index contributed by atoms with van der Waals surface area (Å²) in [5, 5.41) is 17.8. The Kier molecular flexibility index (Phi) is 13.8. The minimum atomic E-state index is 0.804. The minimum absolute atomic E-state index is 0.804. The molecule has 0 aromatic heterocycles. The Balaban J connectivity index is 1.11. The molecule has 5 aromatic carbocycles. The summed E-state index contributed by atoms with van der Waals surface area (Å²) in [7, 11) is 7.71. The van der Waals surface area contributed by atoms with Crippen LogP contribution in [0.1, 0.15) is 25.7 Å². The maximum Gasteiger partial charge on any atom is 0.0858 e. The molecule has 0 radical (unpaired) electrons. The summed E-state index contributed by atoms with van der Waals surface area (Å²) in [4.78, 5) is 4.50. The summed E-state index contributed by atoms with van der Waals surface area (Å²) in [6.07, 6.45) is 4.32. The van der Waals surface area contributed by atoms with Gasteiger partial charge < -0.3 is 19.3 Å². The van der Waals surface area contributed by atoms with Gasteiger partial charge in [-0.05, 0) is 121 Å². The normalized spacial score (nSPS) is 11.4. The van der Waals surface area contributed by atoms with E-state index in [4.69, 9.17) is 9.47 Å². The van der Waals surface area contributed by atoms with Gasteiger partial charge in [-0.3, -0.25) is 0 Å². The molecule has 0 fully saturated rings. The third-order valence-corrected chi connectivity index (χ3v) is 8.61. The van der Waals surface area contributed by atoms with Gasteiger partial charge in [0.15, 0.2) is 0 Å². The topological polar surface area (TPSA) is 74.4 Å². The average Bonchev–Trinajstić information content (AvgIpc) is 3.17. The smallest absolute Gasteiger partial charge is 0.0858 e.